The number of hydrogen-bond donors (Lipinski definition) is 1. The van der Waals surface area contributed by atoms with Crippen LogP contribution in [0.25, 0.3) is 0 Å². The minimum atomic E-state index is -4.41. The van der Waals surface area contributed by atoms with Crippen LogP contribution in [0.5, 0.6) is 11.5 Å². The topological polar surface area (TPSA) is 35.2 Å². The van der Waals surface area contributed by atoms with Gasteiger partial charge in [-0.05, 0) is 36.4 Å². The molecular formula is C14H11ClF3NO. The summed E-state index contributed by atoms with van der Waals surface area (Å²) in [5.74, 6) is 0.480. The van der Waals surface area contributed by atoms with Crippen molar-refractivity contribution in [1.29, 1.82) is 0 Å². The fourth-order valence-corrected chi connectivity index (χ4v) is 1.86. The van der Waals surface area contributed by atoms with Gasteiger partial charge in [-0.3, -0.25) is 0 Å². The van der Waals surface area contributed by atoms with Gasteiger partial charge >= 0.3 is 6.18 Å². The van der Waals surface area contributed by atoms with E-state index in [9.17, 15) is 13.2 Å². The minimum absolute atomic E-state index is 0.0943. The Hall–Kier alpha value is -1.72. The quantitative estimate of drug-likeness (QED) is 0.898. The van der Waals surface area contributed by atoms with E-state index in [1.165, 1.54) is 12.1 Å². The summed E-state index contributed by atoms with van der Waals surface area (Å²) in [5, 5.41) is 0.488. The maximum atomic E-state index is 12.6. The fourth-order valence-electron chi connectivity index (χ4n) is 1.67. The number of hydrogen-bond acceptors (Lipinski definition) is 2. The van der Waals surface area contributed by atoms with Crippen molar-refractivity contribution in [2.75, 3.05) is 0 Å². The average Bonchev–Trinajstić information content (AvgIpc) is 2.40. The minimum Gasteiger partial charge on any atom is -0.457 e. The van der Waals surface area contributed by atoms with Gasteiger partial charge in [0.25, 0.3) is 0 Å². The van der Waals surface area contributed by atoms with Crippen molar-refractivity contribution in [2.45, 2.75) is 12.7 Å². The molecule has 0 unspecified atom stereocenters. The number of halogens is 4. The van der Waals surface area contributed by atoms with Gasteiger partial charge in [-0.15, -0.1) is 0 Å². The van der Waals surface area contributed by atoms with Gasteiger partial charge in [0, 0.05) is 17.1 Å². The summed E-state index contributed by atoms with van der Waals surface area (Å²) < 4.78 is 43.3. The van der Waals surface area contributed by atoms with Crippen molar-refractivity contribution < 1.29 is 17.9 Å². The molecule has 0 aliphatic heterocycles. The average molecular weight is 302 g/mol. The molecule has 0 amide bonds. The molecule has 0 aliphatic carbocycles. The molecule has 2 N–H and O–H groups in total. The maximum absolute atomic E-state index is 12.6. The molecule has 2 aromatic rings. The molecule has 2 nitrogen and oxygen atoms in total. The van der Waals surface area contributed by atoms with E-state index in [2.05, 4.69) is 0 Å². The van der Waals surface area contributed by atoms with Crippen molar-refractivity contribution in [3.8, 4) is 11.5 Å². The van der Waals surface area contributed by atoms with Gasteiger partial charge in [-0.2, -0.15) is 13.2 Å². The van der Waals surface area contributed by atoms with Crippen LogP contribution in [0, 0.1) is 0 Å². The van der Waals surface area contributed by atoms with Crippen LogP contribution in [-0.2, 0) is 12.7 Å². The van der Waals surface area contributed by atoms with E-state index in [4.69, 9.17) is 22.1 Å². The normalized spacial score (nSPS) is 11.4. The molecule has 0 radical (unpaired) electrons. The fraction of sp³-hybridized carbons (Fsp3) is 0.143. The van der Waals surface area contributed by atoms with Gasteiger partial charge in [0.15, 0.2) is 0 Å². The largest absolute Gasteiger partial charge is 0.457 e. The van der Waals surface area contributed by atoms with Gasteiger partial charge in [-0.25, -0.2) is 0 Å². The van der Waals surface area contributed by atoms with Gasteiger partial charge in [-0.1, -0.05) is 17.7 Å². The zero-order valence-corrected chi connectivity index (χ0v) is 11.0. The van der Waals surface area contributed by atoms with E-state index in [0.29, 0.717) is 16.3 Å². The first-order valence-electron chi connectivity index (χ1n) is 5.74. The highest BCUT2D eigenvalue weighted by Gasteiger charge is 2.30. The third-order valence-corrected chi connectivity index (χ3v) is 2.87. The molecule has 0 atom stereocenters. The highest BCUT2D eigenvalue weighted by atomic mass is 35.5. The van der Waals surface area contributed by atoms with E-state index in [0.717, 1.165) is 12.1 Å². The molecule has 2 rings (SSSR count). The van der Waals surface area contributed by atoms with Crippen molar-refractivity contribution in [3.05, 3.63) is 58.6 Å². The lowest BCUT2D eigenvalue weighted by atomic mass is 10.2. The van der Waals surface area contributed by atoms with E-state index in [1.54, 1.807) is 18.2 Å². The highest BCUT2D eigenvalue weighted by molar-refractivity contribution is 6.30. The molecule has 0 fully saturated rings. The first kappa shape index (κ1) is 14.7. The van der Waals surface area contributed by atoms with Crippen LogP contribution >= 0.6 is 11.6 Å². The van der Waals surface area contributed by atoms with Gasteiger partial charge in [0.2, 0.25) is 0 Å². The predicted molar refractivity (Wildman–Crippen MR) is 70.9 cm³/mol. The van der Waals surface area contributed by atoms with Crippen molar-refractivity contribution in [1.82, 2.24) is 0 Å². The van der Waals surface area contributed by atoms with Crippen LogP contribution in [0.3, 0.4) is 0 Å². The summed E-state index contributed by atoms with van der Waals surface area (Å²) in [5.41, 5.74) is 5.41. The highest BCUT2D eigenvalue weighted by Crippen LogP contribution is 2.33. The third kappa shape index (κ3) is 3.43. The van der Waals surface area contributed by atoms with Gasteiger partial charge < -0.3 is 10.5 Å². The van der Waals surface area contributed by atoms with Crippen molar-refractivity contribution in [3.63, 3.8) is 0 Å². The molecule has 0 aliphatic rings. The first-order chi connectivity index (χ1) is 9.40. The Kier molecular flexibility index (Phi) is 4.20. The molecule has 6 heteroatoms. The summed E-state index contributed by atoms with van der Waals surface area (Å²) in [6, 6.07) is 9.44. The zero-order chi connectivity index (χ0) is 14.8. The molecule has 0 saturated heterocycles. The molecule has 2 aromatic carbocycles. The SMILES string of the molecule is NCc1cc(Cl)ccc1Oc1cccc(C(F)(F)F)c1. The summed E-state index contributed by atoms with van der Waals surface area (Å²) in [6.45, 7) is 0.175. The second-order valence-electron chi connectivity index (χ2n) is 4.08. The third-order valence-electron chi connectivity index (χ3n) is 2.63. The van der Waals surface area contributed by atoms with Crippen LogP contribution in [-0.4, -0.2) is 0 Å². The summed E-state index contributed by atoms with van der Waals surface area (Å²) in [4.78, 5) is 0. The Morgan fingerprint density at radius 2 is 1.85 bits per heavy atom. The monoisotopic (exact) mass is 301 g/mol. The Labute approximate surface area is 118 Å². The number of ether oxygens (including phenoxy) is 1. The summed E-state index contributed by atoms with van der Waals surface area (Å²) in [6.07, 6.45) is -4.41. The Morgan fingerprint density at radius 3 is 2.50 bits per heavy atom. The summed E-state index contributed by atoms with van der Waals surface area (Å²) >= 11 is 5.82. The lowest BCUT2D eigenvalue weighted by Gasteiger charge is -2.12. The van der Waals surface area contributed by atoms with Crippen molar-refractivity contribution in [2.24, 2.45) is 5.73 Å². The number of benzene rings is 2. The van der Waals surface area contributed by atoms with Crippen LogP contribution in [0.2, 0.25) is 5.02 Å². The molecule has 106 valence electrons. The van der Waals surface area contributed by atoms with E-state index in [-0.39, 0.29) is 12.3 Å². The van der Waals surface area contributed by atoms with Gasteiger partial charge in [0.05, 0.1) is 5.56 Å². The predicted octanol–water partition coefficient (Wildman–Crippen LogP) is 4.61. The van der Waals surface area contributed by atoms with E-state index in [1.807, 2.05) is 0 Å². The lowest BCUT2D eigenvalue weighted by Crippen LogP contribution is -2.05. The number of nitrogens with two attached hydrogens (primary N) is 1. The van der Waals surface area contributed by atoms with E-state index < -0.39 is 11.7 Å². The van der Waals surface area contributed by atoms with Crippen LogP contribution < -0.4 is 10.5 Å². The molecule has 0 aromatic heterocycles. The standard InChI is InChI=1S/C14H11ClF3NO/c15-11-4-5-13(9(6-11)8-19)20-12-3-1-2-10(7-12)14(16,17)18/h1-7H,8,19H2. The second kappa shape index (κ2) is 5.73. The molecule has 20 heavy (non-hydrogen) atoms. The van der Waals surface area contributed by atoms with Crippen LogP contribution in [0.1, 0.15) is 11.1 Å². The maximum Gasteiger partial charge on any atom is 0.416 e. The molecule has 0 bridgehead atoms. The van der Waals surface area contributed by atoms with Crippen molar-refractivity contribution >= 4 is 11.6 Å². The lowest BCUT2D eigenvalue weighted by molar-refractivity contribution is -0.137. The number of alkyl halides is 3. The molecule has 0 saturated carbocycles. The Balaban J connectivity index is 2.31. The number of rotatable bonds is 3. The zero-order valence-electron chi connectivity index (χ0n) is 10.2. The van der Waals surface area contributed by atoms with E-state index >= 15 is 0 Å². The van der Waals surface area contributed by atoms with Gasteiger partial charge in [0.1, 0.15) is 11.5 Å². The second-order valence-corrected chi connectivity index (χ2v) is 4.52. The smallest absolute Gasteiger partial charge is 0.416 e. The molecule has 0 spiro atoms. The molecular weight excluding hydrogens is 291 g/mol. The Morgan fingerprint density at radius 1 is 1.10 bits per heavy atom. The van der Waals surface area contributed by atoms with Crippen LogP contribution in [0.4, 0.5) is 13.2 Å². The Bertz CT molecular complexity index is 614. The molecule has 0 heterocycles. The summed E-state index contributed by atoms with van der Waals surface area (Å²) in [7, 11) is 0. The van der Waals surface area contributed by atoms with Crippen LogP contribution in [0.15, 0.2) is 42.5 Å². The first-order valence-corrected chi connectivity index (χ1v) is 6.11.